The first-order chi connectivity index (χ1) is 12.1. The third-order valence-corrected chi connectivity index (χ3v) is 5.49. The fraction of sp³-hybridized carbons (Fsp3) is 0.250. The minimum atomic E-state index is -0.920. The highest BCUT2D eigenvalue weighted by Gasteiger charge is 2.40. The smallest absolute Gasteiger partial charge is 0.336 e. The van der Waals surface area contributed by atoms with Gasteiger partial charge in [0.15, 0.2) is 0 Å². The molecule has 0 amide bonds. The number of rotatable bonds is 3. The first kappa shape index (κ1) is 16.0. The SMILES string of the molecule is COc1ccc(C2Nc3c(Cl)ccc(C(=O)O)c3C3C=CCC32)cc1. The molecule has 25 heavy (non-hydrogen) atoms. The van der Waals surface area contributed by atoms with Crippen LogP contribution >= 0.6 is 11.6 Å². The van der Waals surface area contributed by atoms with Crippen LogP contribution in [0.15, 0.2) is 48.6 Å². The third-order valence-electron chi connectivity index (χ3n) is 5.17. The maximum atomic E-state index is 11.7. The molecule has 128 valence electrons. The molecule has 0 fully saturated rings. The number of aromatic carboxylic acids is 1. The Morgan fingerprint density at radius 3 is 2.68 bits per heavy atom. The largest absolute Gasteiger partial charge is 0.497 e. The summed E-state index contributed by atoms with van der Waals surface area (Å²) in [6.07, 6.45) is 5.15. The van der Waals surface area contributed by atoms with Crippen LogP contribution in [-0.4, -0.2) is 18.2 Å². The lowest BCUT2D eigenvalue weighted by Crippen LogP contribution is -2.30. The summed E-state index contributed by atoms with van der Waals surface area (Å²) in [7, 11) is 1.65. The van der Waals surface area contributed by atoms with Gasteiger partial charge in [-0.2, -0.15) is 0 Å². The highest BCUT2D eigenvalue weighted by molar-refractivity contribution is 6.33. The van der Waals surface area contributed by atoms with E-state index in [-0.39, 0.29) is 17.9 Å². The summed E-state index contributed by atoms with van der Waals surface area (Å²) in [5.74, 6) is 0.203. The van der Waals surface area contributed by atoms with Crippen LogP contribution in [0, 0.1) is 5.92 Å². The summed E-state index contributed by atoms with van der Waals surface area (Å²) in [5.41, 5.74) is 2.99. The van der Waals surface area contributed by atoms with Gasteiger partial charge in [-0.1, -0.05) is 35.9 Å². The zero-order chi connectivity index (χ0) is 17.6. The number of ether oxygens (including phenoxy) is 1. The minimum absolute atomic E-state index is 0.0492. The summed E-state index contributed by atoms with van der Waals surface area (Å²) in [5, 5.41) is 13.6. The molecule has 0 aromatic heterocycles. The van der Waals surface area contributed by atoms with Crippen LogP contribution in [0.3, 0.4) is 0 Å². The lowest BCUT2D eigenvalue weighted by atomic mass is 9.75. The van der Waals surface area contributed by atoms with E-state index in [9.17, 15) is 9.90 Å². The van der Waals surface area contributed by atoms with Crippen molar-refractivity contribution in [3.8, 4) is 5.75 Å². The Morgan fingerprint density at radius 2 is 2.00 bits per heavy atom. The van der Waals surface area contributed by atoms with E-state index in [4.69, 9.17) is 16.3 Å². The Labute approximate surface area is 151 Å². The van der Waals surface area contributed by atoms with Gasteiger partial charge in [-0.15, -0.1) is 0 Å². The van der Waals surface area contributed by atoms with Gasteiger partial charge in [0, 0.05) is 5.92 Å². The molecule has 0 saturated heterocycles. The molecule has 2 aliphatic rings. The van der Waals surface area contributed by atoms with Crippen LogP contribution in [0.2, 0.25) is 5.02 Å². The molecule has 3 atom stereocenters. The molecule has 0 bridgehead atoms. The molecular formula is C20H18ClNO3. The van der Waals surface area contributed by atoms with Crippen LogP contribution in [0.4, 0.5) is 5.69 Å². The Morgan fingerprint density at radius 1 is 1.24 bits per heavy atom. The average molecular weight is 356 g/mol. The number of halogens is 1. The third kappa shape index (κ3) is 2.57. The van der Waals surface area contributed by atoms with Crippen molar-refractivity contribution in [2.45, 2.75) is 18.4 Å². The van der Waals surface area contributed by atoms with Gasteiger partial charge in [0.2, 0.25) is 0 Å². The van der Waals surface area contributed by atoms with E-state index in [1.54, 1.807) is 19.2 Å². The number of allylic oxidation sites excluding steroid dienone is 2. The molecule has 2 aromatic rings. The van der Waals surface area contributed by atoms with Gasteiger partial charge in [-0.3, -0.25) is 0 Å². The van der Waals surface area contributed by atoms with Crippen molar-refractivity contribution < 1.29 is 14.6 Å². The summed E-state index contributed by atoms with van der Waals surface area (Å²) < 4.78 is 5.24. The van der Waals surface area contributed by atoms with E-state index in [2.05, 4.69) is 17.5 Å². The lowest BCUT2D eigenvalue weighted by molar-refractivity contribution is 0.0695. The average Bonchev–Trinajstić information content (AvgIpc) is 3.11. The summed E-state index contributed by atoms with van der Waals surface area (Å²) in [6.45, 7) is 0. The number of methoxy groups -OCH3 is 1. The van der Waals surface area contributed by atoms with E-state index in [0.29, 0.717) is 10.6 Å². The van der Waals surface area contributed by atoms with Crippen LogP contribution in [0.5, 0.6) is 5.75 Å². The van der Waals surface area contributed by atoms with E-state index in [0.717, 1.165) is 29.0 Å². The predicted molar refractivity (Wildman–Crippen MR) is 97.8 cm³/mol. The number of carbonyl (C=O) groups is 1. The summed E-state index contributed by atoms with van der Waals surface area (Å²) in [6, 6.07) is 11.3. The molecule has 2 N–H and O–H groups in total. The highest BCUT2D eigenvalue weighted by atomic mass is 35.5. The Kier molecular flexibility index (Phi) is 3.92. The van der Waals surface area contributed by atoms with Crippen molar-refractivity contribution in [1.29, 1.82) is 0 Å². The number of fused-ring (bicyclic) bond motifs is 3. The lowest BCUT2D eigenvalue weighted by Gasteiger charge is -2.38. The number of benzene rings is 2. The minimum Gasteiger partial charge on any atom is -0.497 e. The number of carboxylic acid groups (broad SMARTS) is 1. The number of nitrogens with one attached hydrogen (secondary N) is 1. The van der Waals surface area contributed by atoms with E-state index in [1.165, 1.54) is 0 Å². The molecule has 3 unspecified atom stereocenters. The molecule has 1 heterocycles. The fourth-order valence-electron chi connectivity index (χ4n) is 4.00. The first-order valence-corrected chi connectivity index (χ1v) is 8.60. The monoisotopic (exact) mass is 355 g/mol. The zero-order valence-corrected chi connectivity index (χ0v) is 14.5. The summed E-state index contributed by atoms with van der Waals surface area (Å²) >= 11 is 6.41. The van der Waals surface area contributed by atoms with Gasteiger partial charge in [0.05, 0.1) is 29.4 Å². The Bertz CT molecular complexity index is 860. The molecular weight excluding hydrogens is 338 g/mol. The number of anilines is 1. The Balaban J connectivity index is 1.82. The van der Waals surface area contributed by atoms with Gasteiger partial charge in [-0.25, -0.2) is 4.79 Å². The quantitative estimate of drug-likeness (QED) is 0.771. The molecule has 1 aliphatic heterocycles. The molecule has 0 radical (unpaired) electrons. The molecule has 0 spiro atoms. The van der Waals surface area contributed by atoms with Crippen molar-refractivity contribution in [2.75, 3.05) is 12.4 Å². The number of hydrogen-bond donors (Lipinski definition) is 2. The van der Waals surface area contributed by atoms with Crippen molar-refractivity contribution in [3.05, 3.63) is 70.3 Å². The maximum absolute atomic E-state index is 11.7. The van der Waals surface area contributed by atoms with E-state index < -0.39 is 5.97 Å². The Hall–Kier alpha value is -2.46. The molecule has 0 saturated carbocycles. The molecule has 4 rings (SSSR count). The van der Waals surface area contributed by atoms with Gasteiger partial charge >= 0.3 is 5.97 Å². The zero-order valence-electron chi connectivity index (χ0n) is 13.7. The maximum Gasteiger partial charge on any atom is 0.336 e. The van der Waals surface area contributed by atoms with Crippen molar-refractivity contribution in [3.63, 3.8) is 0 Å². The first-order valence-electron chi connectivity index (χ1n) is 8.23. The highest BCUT2D eigenvalue weighted by Crippen LogP contribution is 2.52. The second kappa shape index (κ2) is 6.12. The normalized spacial score (nSPS) is 23.5. The van der Waals surface area contributed by atoms with Crippen LogP contribution in [-0.2, 0) is 0 Å². The van der Waals surface area contributed by atoms with Crippen molar-refractivity contribution in [1.82, 2.24) is 0 Å². The second-order valence-corrected chi connectivity index (χ2v) is 6.84. The number of carboxylic acids is 1. The van der Waals surface area contributed by atoms with Crippen LogP contribution < -0.4 is 10.1 Å². The van der Waals surface area contributed by atoms with Gasteiger partial charge in [0.25, 0.3) is 0 Å². The fourth-order valence-corrected chi connectivity index (χ4v) is 4.22. The topological polar surface area (TPSA) is 58.6 Å². The van der Waals surface area contributed by atoms with Crippen LogP contribution in [0.1, 0.15) is 39.9 Å². The predicted octanol–water partition coefficient (Wildman–Crippen LogP) is 4.87. The molecule has 5 heteroatoms. The second-order valence-electron chi connectivity index (χ2n) is 6.44. The van der Waals surface area contributed by atoms with Crippen molar-refractivity contribution >= 4 is 23.3 Å². The van der Waals surface area contributed by atoms with E-state index >= 15 is 0 Å². The molecule has 2 aromatic carbocycles. The summed E-state index contributed by atoms with van der Waals surface area (Å²) in [4.78, 5) is 11.7. The molecule has 4 nitrogen and oxygen atoms in total. The standard InChI is InChI=1S/C20H18ClNO3/c1-25-12-7-5-11(6-8-12)18-14-4-2-3-13(14)17-15(20(23)24)9-10-16(21)19(17)22-18/h2-3,5-10,13-14,18,22H,4H2,1H3,(H,23,24). The molecule has 1 aliphatic carbocycles. The van der Waals surface area contributed by atoms with Gasteiger partial charge in [0.1, 0.15) is 5.75 Å². The van der Waals surface area contributed by atoms with Crippen LogP contribution in [0.25, 0.3) is 0 Å². The van der Waals surface area contributed by atoms with Gasteiger partial charge in [-0.05, 0) is 47.7 Å². The van der Waals surface area contributed by atoms with Crippen molar-refractivity contribution in [2.24, 2.45) is 5.92 Å². The number of hydrogen-bond acceptors (Lipinski definition) is 3. The van der Waals surface area contributed by atoms with E-state index in [1.807, 2.05) is 24.3 Å². The van der Waals surface area contributed by atoms with Gasteiger partial charge < -0.3 is 15.2 Å².